The van der Waals surface area contributed by atoms with Gasteiger partial charge in [0, 0.05) is 27.7 Å². The summed E-state index contributed by atoms with van der Waals surface area (Å²) in [6.45, 7) is 1.62. The lowest BCUT2D eigenvalue weighted by Crippen LogP contribution is -2.31. The van der Waals surface area contributed by atoms with Crippen molar-refractivity contribution in [3.63, 3.8) is 0 Å². The summed E-state index contributed by atoms with van der Waals surface area (Å²) in [5.74, 6) is -0.597. The zero-order chi connectivity index (χ0) is 25.0. The molecule has 6 rings (SSSR count). The van der Waals surface area contributed by atoms with Gasteiger partial charge in [0.1, 0.15) is 5.75 Å². The third kappa shape index (κ3) is 3.23. The molecule has 0 radical (unpaired) electrons. The second kappa shape index (κ2) is 8.06. The number of nitrogens with zero attached hydrogens (tertiary/aromatic N) is 2. The van der Waals surface area contributed by atoms with Gasteiger partial charge in [0.05, 0.1) is 27.8 Å². The monoisotopic (exact) mass is 476 g/mol. The van der Waals surface area contributed by atoms with Gasteiger partial charge in [0.25, 0.3) is 17.4 Å². The molecule has 176 valence electrons. The fourth-order valence-electron chi connectivity index (χ4n) is 4.72. The minimum Gasteiger partial charge on any atom is -0.481 e. The lowest BCUT2D eigenvalue weighted by atomic mass is 10.1. The summed E-state index contributed by atoms with van der Waals surface area (Å²) in [7, 11) is 0. The van der Waals surface area contributed by atoms with Crippen LogP contribution in [0.3, 0.4) is 0 Å². The van der Waals surface area contributed by atoms with Crippen molar-refractivity contribution in [1.29, 1.82) is 0 Å². The fraction of sp³-hybridized carbons (Fsp3) is 0.0714. The molecule has 0 spiro atoms. The summed E-state index contributed by atoms with van der Waals surface area (Å²) < 4.78 is 7.64. The largest absolute Gasteiger partial charge is 0.481 e. The highest BCUT2D eigenvalue weighted by molar-refractivity contribution is 6.18. The Bertz CT molecular complexity index is 1890. The summed E-state index contributed by atoms with van der Waals surface area (Å²) in [5, 5.41) is 5.80. The van der Waals surface area contributed by atoms with E-state index in [-0.39, 0.29) is 11.1 Å². The van der Waals surface area contributed by atoms with E-state index in [1.165, 1.54) is 0 Å². The Morgan fingerprint density at radius 1 is 0.944 bits per heavy atom. The van der Waals surface area contributed by atoms with E-state index in [4.69, 9.17) is 10.5 Å². The molecule has 6 aromatic rings. The number of carbonyl (C=O) groups excluding carboxylic acids is 2. The Balaban J connectivity index is 1.40. The zero-order valence-corrected chi connectivity index (χ0v) is 19.2. The zero-order valence-electron chi connectivity index (χ0n) is 19.2. The first-order valence-electron chi connectivity index (χ1n) is 11.4. The first-order valence-corrected chi connectivity index (χ1v) is 11.4. The van der Waals surface area contributed by atoms with E-state index >= 15 is 0 Å². The van der Waals surface area contributed by atoms with Gasteiger partial charge < -0.3 is 15.8 Å². The molecule has 36 heavy (non-hydrogen) atoms. The van der Waals surface area contributed by atoms with Gasteiger partial charge in [0.2, 0.25) is 0 Å². The summed E-state index contributed by atoms with van der Waals surface area (Å²) >= 11 is 0. The molecule has 3 aromatic carbocycles. The maximum absolute atomic E-state index is 13.4. The minimum atomic E-state index is -0.865. The van der Waals surface area contributed by atoms with Crippen molar-refractivity contribution in [2.75, 3.05) is 5.32 Å². The number of nitrogens with one attached hydrogen (secondary N) is 1. The second-order valence-electron chi connectivity index (χ2n) is 8.58. The Kier molecular flexibility index (Phi) is 4.82. The molecule has 0 bridgehead atoms. The predicted octanol–water partition coefficient (Wildman–Crippen LogP) is 4.10. The van der Waals surface area contributed by atoms with Gasteiger partial charge >= 0.3 is 0 Å². The SMILES string of the molecule is CC(Oc1ccc2c(c1)c1ccnc3c4ccccc4c(=O)n2c13)C(=O)Nc1ccccc1C(N)=O. The van der Waals surface area contributed by atoms with Crippen LogP contribution >= 0.6 is 0 Å². The highest BCUT2D eigenvalue weighted by Crippen LogP contribution is 2.34. The topological polar surface area (TPSA) is 116 Å². The average Bonchev–Trinajstić information content (AvgIpc) is 3.22. The van der Waals surface area contributed by atoms with E-state index in [1.54, 1.807) is 53.9 Å². The second-order valence-corrected chi connectivity index (χ2v) is 8.58. The number of aromatic nitrogens is 2. The number of nitrogens with two attached hydrogens (primary N) is 1. The van der Waals surface area contributed by atoms with Gasteiger partial charge in [-0.05, 0) is 49.4 Å². The van der Waals surface area contributed by atoms with Crippen LogP contribution in [-0.2, 0) is 4.79 Å². The van der Waals surface area contributed by atoms with Crippen LogP contribution in [0.15, 0.2) is 83.8 Å². The highest BCUT2D eigenvalue weighted by atomic mass is 16.5. The van der Waals surface area contributed by atoms with Crippen molar-refractivity contribution in [3.05, 3.63) is 94.9 Å². The molecule has 8 heteroatoms. The lowest BCUT2D eigenvalue weighted by molar-refractivity contribution is -0.122. The maximum atomic E-state index is 13.4. The standard InChI is InChI=1S/C28H20N4O4/c1-15(27(34)31-22-9-5-4-8-20(22)26(29)33)36-16-10-11-23-21(14-16)18-12-13-30-24-17-6-2-3-7-19(17)28(35)32(23)25(18)24/h2-15H,1H3,(H2,29,33)(H,31,34). The molecule has 1 unspecified atom stereocenters. The Labute approximate surface area is 204 Å². The van der Waals surface area contributed by atoms with Gasteiger partial charge in [-0.25, -0.2) is 0 Å². The number of pyridine rings is 2. The first-order chi connectivity index (χ1) is 17.4. The average molecular weight is 476 g/mol. The molecule has 0 aliphatic rings. The number of hydrogen-bond acceptors (Lipinski definition) is 5. The molecular formula is C28H20N4O4. The third-order valence-electron chi connectivity index (χ3n) is 6.40. The van der Waals surface area contributed by atoms with Crippen LogP contribution in [0.4, 0.5) is 5.69 Å². The molecule has 1 atom stereocenters. The van der Waals surface area contributed by atoms with Crippen LogP contribution in [0.25, 0.3) is 38.1 Å². The predicted molar refractivity (Wildman–Crippen MR) is 139 cm³/mol. The minimum absolute atomic E-state index is 0.111. The number of rotatable bonds is 5. The number of fused-ring (bicyclic) bond motifs is 5. The van der Waals surface area contributed by atoms with Crippen LogP contribution in [0.1, 0.15) is 17.3 Å². The molecule has 3 aromatic heterocycles. The number of amides is 2. The number of ether oxygens (including phenoxy) is 1. The fourth-order valence-corrected chi connectivity index (χ4v) is 4.72. The first kappa shape index (κ1) is 21.5. The molecule has 0 saturated heterocycles. The smallest absolute Gasteiger partial charge is 0.265 e. The van der Waals surface area contributed by atoms with Crippen LogP contribution in [-0.4, -0.2) is 27.3 Å². The summed E-state index contributed by atoms with van der Waals surface area (Å²) in [6, 6.07) is 21.2. The van der Waals surface area contributed by atoms with Crippen LogP contribution in [0.2, 0.25) is 0 Å². The number of carbonyl (C=O) groups is 2. The van der Waals surface area contributed by atoms with Crippen LogP contribution in [0.5, 0.6) is 5.75 Å². The molecule has 0 saturated carbocycles. The third-order valence-corrected chi connectivity index (χ3v) is 6.40. The van der Waals surface area contributed by atoms with Crippen molar-refractivity contribution >= 4 is 55.6 Å². The van der Waals surface area contributed by atoms with E-state index < -0.39 is 17.9 Å². The van der Waals surface area contributed by atoms with E-state index in [0.29, 0.717) is 16.8 Å². The maximum Gasteiger partial charge on any atom is 0.265 e. The van der Waals surface area contributed by atoms with Crippen molar-refractivity contribution in [1.82, 2.24) is 9.38 Å². The molecule has 3 heterocycles. The van der Waals surface area contributed by atoms with Gasteiger partial charge in [-0.2, -0.15) is 0 Å². The van der Waals surface area contributed by atoms with Gasteiger partial charge in [0.15, 0.2) is 6.10 Å². The normalized spacial score (nSPS) is 12.4. The molecule has 0 aliphatic carbocycles. The number of anilines is 1. The quantitative estimate of drug-likeness (QED) is 0.364. The number of para-hydroxylation sites is 1. The van der Waals surface area contributed by atoms with E-state index in [9.17, 15) is 14.4 Å². The van der Waals surface area contributed by atoms with Crippen molar-refractivity contribution < 1.29 is 14.3 Å². The summed E-state index contributed by atoms with van der Waals surface area (Å²) in [5.41, 5.74) is 8.07. The number of hydrogen-bond donors (Lipinski definition) is 2. The van der Waals surface area contributed by atoms with E-state index in [0.717, 1.165) is 32.7 Å². The van der Waals surface area contributed by atoms with Gasteiger partial charge in [-0.1, -0.05) is 30.3 Å². The molecule has 2 amide bonds. The summed E-state index contributed by atoms with van der Waals surface area (Å²) in [6.07, 6.45) is 0.865. The molecular weight excluding hydrogens is 456 g/mol. The number of benzene rings is 3. The molecule has 3 N–H and O–H groups in total. The number of primary amides is 1. The van der Waals surface area contributed by atoms with E-state index in [1.807, 2.05) is 36.4 Å². The summed E-state index contributed by atoms with van der Waals surface area (Å²) in [4.78, 5) is 42.4. The molecule has 0 fully saturated rings. The van der Waals surface area contributed by atoms with Gasteiger partial charge in [-0.3, -0.25) is 23.8 Å². The van der Waals surface area contributed by atoms with E-state index in [2.05, 4.69) is 10.3 Å². The van der Waals surface area contributed by atoms with Gasteiger partial charge in [-0.15, -0.1) is 0 Å². The van der Waals surface area contributed by atoms with Crippen molar-refractivity contribution in [3.8, 4) is 5.75 Å². The lowest BCUT2D eigenvalue weighted by Gasteiger charge is -2.16. The highest BCUT2D eigenvalue weighted by Gasteiger charge is 2.20. The Morgan fingerprint density at radius 3 is 2.50 bits per heavy atom. The van der Waals surface area contributed by atoms with Crippen LogP contribution in [0, 0.1) is 0 Å². The Hall–Kier alpha value is -4.98. The van der Waals surface area contributed by atoms with Crippen LogP contribution < -0.4 is 21.3 Å². The van der Waals surface area contributed by atoms with Crippen molar-refractivity contribution in [2.24, 2.45) is 5.73 Å². The molecule has 0 aliphatic heterocycles. The van der Waals surface area contributed by atoms with Crippen molar-refractivity contribution in [2.45, 2.75) is 13.0 Å². The molecule has 8 nitrogen and oxygen atoms in total. The Morgan fingerprint density at radius 2 is 1.69 bits per heavy atom.